The van der Waals surface area contributed by atoms with Crippen molar-refractivity contribution in [2.45, 2.75) is 12.8 Å². The maximum Gasteiger partial charge on any atom is 0.0472 e. The van der Waals surface area contributed by atoms with E-state index >= 15 is 0 Å². The first-order chi connectivity index (χ1) is 7.76. The molecule has 3 heteroatoms. The van der Waals surface area contributed by atoms with E-state index in [0.717, 1.165) is 52.2 Å². The Balaban J connectivity index is 2.56. The second-order valence-electron chi connectivity index (χ2n) is 4.59. The third-order valence-corrected chi connectivity index (χ3v) is 3.32. The Bertz CT molecular complexity index is 212. The van der Waals surface area contributed by atoms with Crippen LogP contribution in [-0.2, 0) is 4.74 Å². The molecule has 16 heavy (non-hydrogen) atoms. The minimum absolute atomic E-state index is 0.226. The smallest absolute Gasteiger partial charge is 0.0472 e. The fraction of sp³-hybridized carbons (Fsp3) is 0.692. The van der Waals surface area contributed by atoms with Gasteiger partial charge in [0.25, 0.3) is 0 Å². The van der Waals surface area contributed by atoms with Gasteiger partial charge in [-0.2, -0.15) is 0 Å². The van der Waals surface area contributed by atoms with E-state index in [2.05, 4.69) is 18.1 Å². The molecule has 0 spiro atoms. The van der Waals surface area contributed by atoms with Crippen molar-refractivity contribution in [1.82, 2.24) is 4.90 Å². The molecule has 0 unspecified atom stereocenters. The lowest BCUT2D eigenvalue weighted by Crippen LogP contribution is -2.46. The van der Waals surface area contributed by atoms with E-state index < -0.39 is 0 Å². The molecular formula is C13H24N2O. The van der Waals surface area contributed by atoms with Gasteiger partial charge in [-0.1, -0.05) is 12.2 Å². The lowest BCUT2D eigenvalue weighted by atomic mass is 9.79. The summed E-state index contributed by atoms with van der Waals surface area (Å²) in [5.41, 5.74) is 6.17. The van der Waals surface area contributed by atoms with Crippen molar-refractivity contribution >= 4 is 0 Å². The Morgan fingerprint density at radius 3 is 2.19 bits per heavy atom. The lowest BCUT2D eigenvalue weighted by Gasteiger charge is -2.39. The fourth-order valence-corrected chi connectivity index (χ4v) is 2.27. The average molecular weight is 224 g/mol. The van der Waals surface area contributed by atoms with Gasteiger partial charge in [-0.15, -0.1) is 13.2 Å². The molecule has 0 radical (unpaired) electrons. The number of ether oxygens (including phenoxy) is 1. The molecule has 1 saturated heterocycles. The van der Waals surface area contributed by atoms with Crippen LogP contribution in [0.4, 0.5) is 0 Å². The van der Waals surface area contributed by atoms with Crippen molar-refractivity contribution in [2.75, 3.05) is 39.4 Å². The zero-order valence-corrected chi connectivity index (χ0v) is 10.2. The molecule has 1 aliphatic rings. The average Bonchev–Trinajstić information content (AvgIpc) is 2.31. The first kappa shape index (κ1) is 13.4. The van der Waals surface area contributed by atoms with Gasteiger partial charge in [-0.3, -0.25) is 4.90 Å². The zero-order chi connectivity index (χ0) is 11.9. The minimum atomic E-state index is 0.226. The Kier molecular flexibility index (Phi) is 5.74. The van der Waals surface area contributed by atoms with Gasteiger partial charge in [0.05, 0.1) is 0 Å². The van der Waals surface area contributed by atoms with Gasteiger partial charge >= 0.3 is 0 Å². The van der Waals surface area contributed by atoms with E-state index in [0.29, 0.717) is 0 Å². The number of hydrogen-bond acceptors (Lipinski definition) is 3. The van der Waals surface area contributed by atoms with Gasteiger partial charge in [0, 0.05) is 32.8 Å². The summed E-state index contributed by atoms with van der Waals surface area (Å²) in [6.45, 7) is 12.8. The minimum Gasteiger partial charge on any atom is -0.381 e. The van der Waals surface area contributed by atoms with Crippen LogP contribution in [0.3, 0.4) is 0 Å². The number of hydrogen-bond donors (Lipinski definition) is 1. The highest BCUT2D eigenvalue weighted by atomic mass is 16.5. The summed E-state index contributed by atoms with van der Waals surface area (Å²) in [6.07, 6.45) is 6.00. The van der Waals surface area contributed by atoms with Crippen molar-refractivity contribution in [3.05, 3.63) is 25.3 Å². The summed E-state index contributed by atoms with van der Waals surface area (Å²) in [6, 6.07) is 0. The Morgan fingerprint density at radius 2 is 1.75 bits per heavy atom. The van der Waals surface area contributed by atoms with E-state index in [1.807, 2.05) is 12.2 Å². The molecule has 0 aliphatic carbocycles. The quantitative estimate of drug-likeness (QED) is 0.665. The van der Waals surface area contributed by atoms with Crippen LogP contribution in [0.25, 0.3) is 0 Å². The standard InChI is InChI=1S/C13H24N2O/c1-3-7-15(8-4-2)12-13(11-14)5-9-16-10-6-13/h3-4H,1-2,5-12,14H2. The van der Waals surface area contributed by atoms with Crippen LogP contribution < -0.4 is 5.73 Å². The molecule has 0 aromatic carbocycles. The molecule has 2 N–H and O–H groups in total. The molecule has 0 aromatic rings. The topological polar surface area (TPSA) is 38.5 Å². The number of rotatable bonds is 7. The van der Waals surface area contributed by atoms with Crippen LogP contribution in [-0.4, -0.2) is 44.3 Å². The van der Waals surface area contributed by atoms with Crippen molar-refractivity contribution < 1.29 is 4.74 Å². The van der Waals surface area contributed by atoms with E-state index in [-0.39, 0.29) is 5.41 Å². The highest BCUT2D eigenvalue weighted by molar-refractivity contribution is 4.89. The van der Waals surface area contributed by atoms with Crippen molar-refractivity contribution in [3.8, 4) is 0 Å². The van der Waals surface area contributed by atoms with E-state index in [1.165, 1.54) is 0 Å². The predicted octanol–water partition coefficient (Wildman–Crippen LogP) is 1.42. The molecule has 1 rings (SSSR count). The number of nitrogens with zero attached hydrogens (tertiary/aromatic N) is 1. The maximum absolute atomic E-state index is 5.94. The third-order valence-electron chi connectivity index (χ3n) is 3.32. The van der Waals surface area contributed by atoms with Crippen LogP contribution in [0.5, 0.6) is 0 Å². The molecule has 3 nitrogen and oxygen atoms in total. The van der Waals surface area contributed by atoms with Crippen LogP contribution in [0.15, 0.2) is 25.3 Å². The Morgan fingerprint density at radius 1 is 1.19 bits per heavy atom. The van der Waals surface area contributed by atoms with E-state index in [1.54, 1.807) is 0 Å². The zero-order valence-electron chi connectivity index (χ0n) is 10.2. The largest absolute Gasteiger partial charge is 0.381 e. The van der Waals surface area contributed by atoms with E-state index in [4.69, 9.17) is 10.5 Å². The van der Waals surface area contributed by atoms with Crippen LogP contribution in [0.1, 0.15) is 12.8 Å². The fourth-order valence-electron chi connectivity index (χ4n) is 2.27. The van der Waals surface area contributed by atoms with Crippen molar-refractivity contribution in [3.63, 3.8) is 0 Å². The summed E-state index contributed by atoms with van der Waals surface area (Å²) in [7, 11) is 0. The van der Waals surface area contributed by atoms with Crippen molar-refractivity contribution in [2.24, 2.45) is 11.1 Å². The van der Waals surface area contributed by atoms with Crippen LogP contribution in [0.2, 0.25) is 0 Å². The third kappa shape index (κ3) is 3.74. The normalized spacial score (nSPS) is 19.6. The highest BCUT2D eigenvalue weighted by Crippen LogP contribution is 2.30. The molecule has 1 heterocycles. The molecule has 0 bridgehead atoms. The summed E-state index contributed by atoms with van der Waals surface area (Å²) >= 11 is 0. The Labute approximate surface area is 98.9 Å². The molecule has 0 amide bonds. The second-order valence-corrected chi connectivity index (χ2v) is 4.59. The van der Waals surface area contributed by atoms with Gasteiger partial charge < -0.3 is 10.5 Å². The summed E-state index contributed by atoms with van der Waals surface area (Å²) < 4.78 is 5.41. The molecule has 1 fully saturated rings. The number of nitrogens with two attached hydrogens (primary N) is 1. The van der Waals surface area contributed by atoms with Gasteiger partial charge in [0.1, 0.15) is 0 Å². The monoisotopic (exact) mass is 224 g/mol. The lowest BCUT2D eigenvalue weighted by molar-refractivity contribution is 0.00320. The van der Waals surface area contributed by atoms with Gasteiger partial charge in [-0.05, 0) is 24.8 Å². The molecular weight excluding hydrogens is 200 g/mol. The molecule has 0 atom stereocenters. The molecule has 92 valence electrons. The first-order valence-electron chi connectivity index (χ1n) is 5.98. The van der Waals surface area contributed by atoms with Crippen LogP contribution >= 0.6 is 0 Å². The predicted molar refractivity (Wildman–Crippen MR) is 68.4 cm³/mol. The summed E-state index contributed by atoms with van der Waals surface area (Å²) in [4.78, 5) is 2.35. The Hall–Kier alpha value is -0.640. The molecule has 0 aromatic heterocycles. The van der Waals surface area contributed by atoms with Gasteiger partial charge in [0.15, 0.2) is 0 Å². The SMILES string of the molecule is C=CCN(CC=C)CC1(CN)CCOCC1. The highest BCUT2D eigenvalue weighted by Gasteiger charge is 2.32. The maximum atomic E-state index is 5.94. The molecule has 1 aliphatic heterocycles. The summed E-state index contributed by atoms with van der Waals surface area (Å²) in [5.74, 6) is 0. The van der Waals surface area contributed by atoms with Crippen molar-refractivity contribution in [1.29, 1.82) is 0 Å². The van der Waals surface area contributed by atoms with Gasteiger partial charge in [0.2, 0.25) is 0 Å². The first-order valence-corrected chi connectivity index (χ1v) is 5.98. The van der Waals surface area contributed by atoms with E-state index in [9.17, 15) is 0 Å². The molecule has 0 saturated carbocycles. The second kappa shape index (κ2) is 6.84. The van der Waals surface area contributed by atoms with Gasteiger partial charge in [-0.25, -0.2) is 0 Å². The van der Waals surface area contributed by atoms with Crippen LogP contribution in [0, 0.1) is 5.41 Å². The summed E-state index contributed by atoms with van der Waals surface area (Å²) in [5, 5.41) is 0.